The molecule has 1 saturated carbocycles. The molecule has 1 N–H and O–H groups in total. The van der Waals surface area contributed by atoms with Gasteiger partial charge in [-0.2, -0.15) is 5.26 Å². The van der Waals surface area contributed by atoms with Crippen molar-refractivity contribution in [1.29, 1.82) is 5.26 Å². The molecule has 1 aliphatic rings. The van der Waals surface area contributed by atoms with Gasteiger partial charge >= 0.3 is 0 Å². The van der Waals surface area contributed by atoms with Gasteiger partial charge in [0.05, 0.1) is 0 Å². The molecular formula is C13H11BrN2O. The van der Waals surface area contributed by atoms with Gasteiger partial charge in [-0.25, -0.2) is 0 Å². The summed E-state index contributed by atoms with van der Waals surface area (Å²) in [5.74, 6) is -0.280. The molecule has 0 atom stereocenters. The van der Waals surface area contributed by atoms with Gasteiger partial charge in [-0.1, -0.05) is 28.1 Å². The second kappa shape index (κ2) is 5.15. The maximum absolute atomic E-state index is 11.7. The van der Waals surface area contributed by atoms with Crippen LogP contribution in [0.25, 0.3) is 6.08 Å². The van der Waals surface area contributed by atoms with Crippen molar-refractivity contribution >= 4 is 27.9 Å². The molecule has 17 heavy (non-hydrogen) atoms. The first kappa shape index (κ1) is 11.9. The van der Waals surface area contributed by atoms with Crippen molar-refractivity contribution in [2.75, 3.05) is 0 Å². The fourth-order valence-electron chi connectivity index (χ4n) is 1.37. The average Bonchev–Trinajstić information content (AvgIpc) is 3.12. The number of nitrogens with zero attached hydrogens (tertiary/aromatic N) is 1. The lowest BCUT2D eigenvalue weighted by Gasteiger charge is -2.01. The van der Waals surface area contributed by atoms with Gasteiger partial charge in [0.2, 0.25) is 0 Å². The lowest BCUT2D eigenvalue weighted by molar-refractivity contribution is -0.117. The Labute approximate surface area is 108 Å². The number of rotatable bonds is 3. The second-order valence-corrected chi connectivity index (χ2v) is 4.88. The van der Waals surface area contributed by atoms with E-state index in [0.29, 0.717) is 0 Å². The quantitative estimate of drug-likeness (QED) is 0.687. The van der Waals surface area contributed by atoms with Crippen LogP contribution < -0.4 is 5.32 Å². The minimum absolute atomic E-state index is 0.152. The molecule has 0 aromatic heterocycles. The van der Waals surface area contributed by atoms with E-state index >= 15 is 0 Å². The fraction of sp³-hybridized carbons (Fsp3) is 0.231. The van der Waals surface area contributed by atoms with Crippen LogP contribution in [0.15, 0.2) is 34.3 Å². The smallest absolute Gasteiger partial charge is 0.262 e. The molecule has 0 saturated heterocycles. The van der Waals surface area contributed by atoms with Crippen molar-refractivity contribution in [1.82, 2.24) is 5.32 Å². The van der Waals surface area contributed by atoms with E-state index in [0.717, 1.165) is 22.9 Å². The van der Waals surface area contributed by atoms with Gasteiger partial charge in [0.1, 0.15) is 11.6 Å². The normalized spacial score (nSPS) is 15.2. The van der Waals surface area contributed by atoms with E-state index in [1.807, 2.05) is 30.3 Å². The number of halogens is 1. The Hall–Kier alpha value is -1.60. The standard InChI is InChI=1S/C13H11BrN2O/c14-11-3-1-9(2-4-11)7-10(8-15)13(17)16-12-5-6-12/h1-4,7,12H,5-6H2,(H,16,17)/b10-7+. The van der Waals surface area contributed by atoms with Crippen LogP contribution in [0, 0.1) is 11.3 Å². The molecule has 4 heteroatoms. The van der Waals surface area contributed by atoms with Crippen LogP contribution in [-0.2, 0) is 4.79 Å². The summed E-state index contributed by atoms with van der Waals surface area (Å²) < 4.78 is 0.968. The van der Waals surface area contributed by atoms with E-state index in [9.17, 15) is 4.79 Å². The monoisotopic (exact) mass is 290 g/mol. The Morgan fingerprint density at radius 2 is 2.06 bits per heavy atom. The fourth-order valence-corrected chi connectivity index (χ4v) is 1.63. The first-order chi connectivity index (χ1) is 8.19. The maximum atomic E-state index is 11.7. The highest BCUT2D eigenvalue weighted by atomic mass is 79.9. The van der Waals surface area contributed by atoms with Gasteiger partial charge in [-0.3, -0.25) is 4.79 Å². The Morgan fingerprint density at radius 3 is 2.59 bits per heavy atom. The summed E-state index contributed by atoms with van der Waals surface area (Å²) in [4.78, 5) is 11.7. The molecule has 0 aliphatic heterocycles. The predicted molar refractivity (Wildman–Crippen MR) is 68.9 cm³/mol. The van der Waals surface area contributed by atoms with Gasteiger partial charge < -0.3 is 5.32 Å². The summed E-state index contributed by atoms with van der Waals surface area (Å²) in [5.41, 5.74) is 0.995. The molecule has 1 amide bonds. The third kappa shape index (κ3) is 3.43. The van der Waals surface area contributed by atoms with Crippen molar-refractivity contribution < 1.29 is 4.79 Å². The number of hydrogen-bond donors (Lipinski definition) is 1. The number of nitrogens with one attached hydrogen (secondary N) is 1. The number of amides is 1. The topological polar surface area (TPSA) is 52.9 Å². The molecule has 3 nitrogen and oxygen atoms in total. The van der Waals surface area contributed by atoms with Crippen molar-refractivity contribution in [3.8, 4) is 6.07 Å². The van der Waals surface area contributed by atoms with Crippen LogP contribution in [0.1, 0.15) is 18.4 Å². The first-order valence-corrected chi connectivity index (χ1v) is 6.16. The molecule has 1 aliphatic carbocycles. The van der Waals surface area contributed by atoms with Gasteiger partial charge in [0.15, 0.2) is 0 Å². The van der Waals surface area contributed by atoms with Crippen molar-refractivity contribution in [3.05, 3.63) is 39.9 Å². The Morgan fingerprint density at radius 1 is 1.41 bits per heavy atom. The molecule has 0 bridgehead atoms. The highest BCUT2D eigenvalue weighted by molar-refractivity contribution is 9.10. The third-order valence-electron chi connectivity index (χ3n) is 2.46. The highest BCUT2D eigenvalue weighted by Gasteiger charge is 2.24. The minimum Gasteiger partial charge on any atom is -0.349 e. The van der Waals surface area contributed by atoms with Crippen LogP contribution in [0.5, 0.6) is 0 Å². The summed E-state index contributed by atoms with van der Waals surface area (Å²) in [5, 5.41) is 11.8. The molecule has 0 radical (unpaired) electrons. The number of carbonyl (C=O) groups excluding carboxylic acids is 1. The molecule has 0 unspecified atom stereocenters. The van der Waals surface area contributed by atoms with Crippen molar-refractivity contribution in [3.63, 3.8) is 0 Å². The van der Waals surface area contributed by atoms with E-state index < -0.39 is 0 Å². The number of nitriles is 1. The molecule has 0 spiro atoms. The molecule has 86 valence electrons. The summed E-state index contributed by atoms with van der Waals surface area (Å²) in [6, 6.07) is 9.66. The molecule has 2 rings (SSSR count). The number of carbonyl (C=O) groups is 1. The zero-order valence-corrected chi connectivity index (χ0v) is 10.7. The molecule has 0 heterocycles. The number of hydrogen-bond acceptors (Lipinski definition) is 2. The van der Waals surface area contributed by atoms with Crippen LogP contribution in [0.4, 0.5) is 0 Å². The lowest BCUT2D eigenvalue weighted by atomic mass is 10.1. The average molecular weight is 291 g/mol. The van der Waals surface area contributed by atoms with E-state index in [-0.39, 0.29) is 17.5 Å². The van der Waals surface area contributed by atoms with Crippen molar-refractivity contribution in [2.24, 2.45) is 0 Å². The minimum atomic E-state index is -0.280. The summed E-state index contributed by atoms with van der Waals surface area (Å²) in [6.07, 6.45) is 3.63. The van der Waals surface area contributed by atoms with Crippen molar-refractivity contribution in [2.45, 2.75) is 18.9 Å². The van der Waals surface area contributed by atoms with E-state index in [1.54, 1.807) is 6.08 Å². The zero-order valence-electron chi connectivity index (χ0n) is 9.11. The third-order valence-corrected chi connectivity index (χ3v) is 2.99. The Balaban J connectivity index is 2.13. The van der Waals surface area contributed by atoms with Crippen LogP contribution in [0.3, 0.4) is 0 Å². The Kier molecular flexibility index (Phi) is 3.60. The van der Waals surface area contributed by atoms with Gasteiger partial charge in [-0.05, 0) is 36.6 Å². The molecule has 1 aromatic carbocycles. The van der Waals surface area contributed by atoms with Gasteiger partial charge in [-0.15, -0.1) is 0 Å². The van der Waals surface area contributed by atoms with E-state index in [4.69, 9.17) is 5.26 Å². The van der Waals surface area contributed by atoms with Crippen LogP contribution in [-0.4, -0.2) is 11.9 Å². The first-order valence-electron chi connectivity index (χ1n) is 5.37. The van der Waals surface area contributed by atoms with Gasteiger partial charge in [0, 0.05) is 10.5 Å². The largest absolute Gasteiger partial charge is 0.349 e. The van der Waals surface area contributed by atoms with E-state index in [2.05, 4.69) is 21.2 Å². The maximum Gasteiger partial charge on any atom is 0.262 e. The molecule has 1 fully saturated rings. The summed E-state index contributed by atoms with van der Waals surface area (Å²) in [7, 11) is 0. The van der Waals surface area contributed by atoms with Crippen LogP contribution in [0.2, 0.25) is 0 Å². The van der Waals surface area contributed by atoms with Gasteiger partial charge in [0.25, 0.3) is 5.91 Å². The highest BCUT2D eigenvalue weighted by Crippen LogP contribution is 2.19. The SMILES string of the molecule is N#C/C(=C\c1ccc(Br)cc1)C(=O)NC1CC1. The molecular weight excluding hydrogens is 280 g/mol. The lowest BCUT2D eigenvalue weighted by Crippen LogP contribution is -2.26. The number of benzene rings is 1. The van der Waals surface area contributed by atoms with Crippen LogP contribution >= 0.6 is 15.9 Å². The van der Waals surface area contributed by atoms with E-state index in [1.165, 1.54) is 0 Å². The predicted octanol–water partition coefficient (Wildman–Crippen LogP) is 2.63. The Bertz CT molecular complexity index is 495. The summed E-state index contributed by atoms with van der Waals surface area (Å²) >= 11 is 3.33. The zero-order chi connectivity index (χ0) is 12.3. The molecule has 1 aromatic rings. The second-order valence-electron chi connectivity index (χ2n) is 3.97. The summed E-state index contributed by atoms with van der Waals surface area (Å²) in [6.45, 7) is 0.